The van der Waals surface area contributed by atoms with Gasteiger partial charge in [-0.3, -0.25) is 0 Å². The van der Waals surface area contributed by atoms with Crippen molar-refractivity contribution in [2.75, 3.05) is 32.0 Å². The molecule has 1 aromatic carbocycles. The largest absolute Gasteiger partial charge is 0.399 e. The molecule has 1 aliphatic heterocycles. The SMILES string of the molecule is Nc1ccc(C(=S)N2CCOCC2)cc1. The second kappa shape index (κ2) is 4.59. The van der Waals surface area contributed by atoms with Gasteiger partial charge in [0.1, 0.15) is 4.99 Å². The molecule has 1 aliphatic rings. The third-order valence-electron chi connectivity index (χ3n) is 2.46. The van der Waals surface area contributed by atoms with Gasteiger partial charge in [-0.15, -0.1) is 0 Å². The van der Waals surface area contributed by atoms with Crippen molar-refractivity contribution in [2.24, 2.45) is 0 Å². The van der Waals surface area contributed by atoms with Gasteiger partial charge in [-0.2, -0.15) is 0 Å². The lowest BCUT2D eigenvalue weighted by molar-refractivity contribution is 0.0693. The fourth-order valence-electron chi connectivity index (χ4n) is 1.57. The maximum atomic E-state index is 5.63. The standard InChI is InChI=1S/C11H14N2OS/c12-10-3-1-9(2-4-10)11(15)13-5-7-14-8-6-13/h1-4H,5-8,12H2. The third-order valence-corrected chi connectivity index (χ3v) is 2.95. The molecule has 80 valence electrons. The van der Waals surface area contributed by atoms with Gasteiger partial charge in [-0.1, -0.05) is 12.2 Å². The van der Waals surface area contributed by atoms with Crippen molar-refractivity contribution >= 4 is 22.9 Å². The molecule has 2 rings (SSSR count). The van der Waals surface area contributed by atoms with Gasteiger partial charge >= 0.3 is 0 Å². The van der Waals surface area contributed by atoms with Crippen LogP contribution < -0.4 is 5.73 Å². The number of anilines is 1. The highest BCUT2D eigenvalue weighted by atomic mass is 32.1. The van der Waals surface area contributed by atoms with Crippen molar-refractivity contribution in [2.45, 2.75) is 0 Å². The fraction of sp³-hybridized carbons (Fsp3) is 0.364. The lowest BCUT2D eigenvalue weighted by atomic mass is 10.2. The zero-order valence-electron chi connectivity index (χ0n) is 8.48. The zero-order chi connectivity index (χ0) is 10.7. The highest BCUT2D eigenvalue weighted by Crippen LogP contribution is 2.11. The van der Waals surface area contributed by atoms with Crippen LogP contribution in [-0.4, -0.2) is 36.2 Å². The summed E-state index contributed by atoms with van der Waals surface area (Å²) < 4.78 is 5.28. The Kier molecular flexibility index (Phi) is 3.18. The summed E-state index contributed by atoms with van der Waals surface area (Å²) in [6.07, 6.45) is 0. The van der Waals surface area contributed by atoms with Crippen LogP contribution in [0.2, 0.25) is 0 Å². The molecule has 4 heteroatoms. The fourth-order valence-corrected chi connectivity index (χ4v) is 1.89. The number of thiocarbonyl (C=S) groups is 1. The Morgan fingerprint density at radius 3 is 2.40 bits per heavy atom. The number of nitrogens with two attached hydrogens (primary N) is 1. The molecule has 1 fully saturated rings. The van der Waals surface area contributed by atoms with Crippen molar-refractivity contribution in [1.82, 2.24) is 4.90 Å². The molecule has 3 nitrogen and oxygen atoms in total. The van der Waals surface area contributed by atoms with E-state index in [1.54, 1.807) is 0 Å². The Hall–Kier alpha value is -1.13. The first-order valence-electron chi connectivity index (χ1n) is 5.00. The van der Waals surface area contributed by atoms with Crippen LogP contribution in [0.15, 0.2) is 24.3 Å². The Bertz CT molecular complexity index is 344. The second-order valence-electron chi connectivity index (χ2n) is 3.53. The molecule has 15 heavy (non-hydrogen) atoms. The first-order valence-corrected chi connectivity index (χ1v) is 5.41. The van der Waals surface area contributed by atoms with Gasteiger partial charge < -0.3 is 15.4 Å². The summed E-state index contributed by atoms with van der Waals surface area (Å²) in [5.74, 6) is 0. The summed E-state index contributed by atoms with van der Waals surface area (Å²) in [7, 11) is 0. The van der Waals surface area contributed by atoms with E-state index in [9.17, 15) is 0 Å². The van der Waals surface area contributed by atoms with Crippen LogP contribution in [0, 0.1) is 0 Å². The van der Waals surface area contributed by atoms with Gasteiger partial charge in [0, 0.05) is 24.3 Å². The van der Waals surface area contributed by atoms with E-state index in [2.05, 4.69) is 4.90 Å². The van der Waals surface area contributed by atoms with E-state index in [0.717, 1.165) is 42.5 Å². The molecule has 1 heterocycles. The Balaban J connectivity index is 2.09. The van der Waals surface area contributed by atoms with E-state index in [1.165, 1.54) is 0 Å². The van der Waals surface area contributed by atoms with E-state index in [4.69, 9.17) is 22.7 Å². The van der Waals surface area contributed by atoms with Crippen LogP contribution in [0.5, 0.6) is 0 Å². The molecular formula is C11H14N2OS. The maximum absolute atomic E-state index is 5.63. The lowest BCUT2D eigenvalue weighted by Gasteiger charge is -2.29. The lowest BCUT2D eigenvalue weighted by Crippen LogP contribution is -2.40. The van der Waals surface area contributed by atoms with Gasteiger partial charge in [0.25, 0.3) is 0 Å². The highest BCUT2D eigenvalue weighted by Gasteiger charge is 2.14. The number of ether oxygens (including phenoxy) is 1. The number of nitrogen functional groups attached to an aromatic ring is 1. The number of nitrogens with zero attached hydrogens (tertiary/aromatic N) is 1. The molecule has 0 aromatic heterocycles. The molecule has 0 saturated carbocycles. The summed E-state index contributed by atoms with van der Waals surface area (Å²) in [6.45, 7) is 3.27. The maximum Gasteiger partial charge on any atom is 0.109 e. The molecule has 1 aromatic rings. The minimum Gasteiger partial charge on any atom is -0.399 e. The molecule has 0 aliphatic carbocycles. The number of rotatable bonds is 1. The van der Waals surface area contributed by atoms with E-state index < -0.39 is 0 Å². The molecule has 0 unspecified atom stereocenters. The Labute approximate surface area is 94.8 Å². The van der Waals surface area contributed by atoms with Gasteiger partial charge in [0.2, 0.25) is 0 Å². The van der Waals surface area contributed by atoms with Crippen LogP contribution in [0.4, 0.5) is 5.69 Å². The first-order chi connectivity index (χ1) is 7.27. The summed E-state index contributed by atoms with van der Waals surface area (Å²) in [5, 5.41) is 0. The van der Waals surface area contributed by atoms with Gasteiger partial charge in [-0.05, 0) is 24.3 Å². The quantitative estimate of drug-likeness (QED) is 0.574. The Morgan fingerprint density at radius 1 is 1.20 bits per heavy atom. The number of benzene rings is 1. The van der Waals surface area contributed by atoms with Crippen LogP contribution >= 0.6 is 12.2 Å². The van der Waals surface area contributed by atoms with Crippen molar-refractivity contribution < 1.29 is 4.74 Å². The van der Waals surface area contributed by atoms with Crippen molar-refractivity contribution in [3.63, 3.8) is 0 Å². The molecule has 0 atom stereocenters. The molecule has 0 spiro atoms. The van der Waals surface area contributed by atoms with Crippen molar-refractivity contribution in [3.05, 3.63) is 29.8 Å². The second-order valence-corrected chi connectivity index (χ2v) is 3.91. The Morgan fingerprint density at radius 2 is 1.80 bits per heavy atom. The summed E-state index contributed by atoms with van der Waals surface area (Å²) in [4.78, 5) is 3.06. The minimum atomic E-state index is 0.759. The molecule has 0 radical (unpaired) electrons. The zero-order valence-corrected chi connectivity index (χ0v) is 9.30. The summed E-state index contributed by atoms with van der Waals surface area (Å²) in [5.41, 5.74) is 7.45. The van der Waals surface area contributed by atoms with Gasteiger partial charge in [0.05, 0.1) is 13.2 Å². The summed E-state index contributed by atoms with van der Waals surface area (Å²) >= 11 is 5.41. The predicted octanol–water partition coefficient (Wildman–Crippen LogP) is 1.28. The van der Waals surface area contributed by atoms with Gasteiger partial charge in [0.15, 0.2) is 0 Å². The van der Waals surface area contributed by atoms with Crippen LogP contribution in [0.1, 0.15) is 5.56 Å². The molecular weight excluding hydrogens is 208 g/mol. The molecule has 0 amide bonds. The monoisotopic (exact) mass is 222 g/mol. The van der Waals surface area contributed by atoms with E-state index in [-0.39, 0.29) is 0 Å². The number of morpholine rings is 1. The first kappa shape index (κ1) is 10.4. The van der Waals surface area contributed by atoms with Crippen LogP contribution in [0.25, 0.3) is 0 Å². The van der Waals surface area contributed by atoms with Crippen LogP contribution in [0.3, 0.4) is 0 Å². The van der Waals surface area contributed by atoms with E-state index in [1.807, 2.05) is 24.3 Å². The van der Waals surface area contributed by atoms with E-state index >= 15 is 0 Å². The van der Waals surface area contributed by atoms with Crippen molar-refractivity contribution in [1.29, 1.82) is 0 Å². The topological polar surface area (TPSA) is 38.5 Å². The molecule has 0 bridgehead atoms. The summed E-state index contributed by atoms with van der Waals surface area (Å²) in [6, 6.07) is 7.68. The average Bonchev–Trinajstić information content (AvgIpc) is 2.30. The average molecular weight is 222 g/mol. The normalized spacial score (nSPS) is 16.4. The number of hydrogen-bond donors (Lipinski definition) is 1. The minimum absolute atomic E-state index is 0.759. The third kappa shape index (κ3) is 2.46. The molecule has 2 N–H and O–H groups in total. The van der Waals surface area contributed by atoms with Crippen molar-refractivity contribution in [3.8, 4) is 0 Å². The van der Waals surface area contributed by atoms with Crippen LogP contribution in [-0.2, 0) is 4.74 Å². The number of hydrogen-bond acceptors (Lipinski definition) is 3. The highest BCUT2D eigenvalue weighted by molar-refractivity contribution is 7.80. The predicted molar refractivity (Wildman–Crippen MR) is 64.9 cm³/mol. The van der Waals surface area contributed by atoms with Gasteiger partial charge in [-0.25, -0.2) is 0 Å². The smallest absolute Gasteiger partial charge is 0.109 e. The van der Waals surface area contributed by atoms with E-state index in [0.29, 0.717) is 0 Å². The molecule has 1 saturated heterocycles.